The predicted octanol–water partition coefficient (Wildman–Crippen LogP) is 5.77. The minimum absolute atomic E-state index is 0.0546. The summed E-state index contributed by atoms with van der Waals surface area (Å²) in [6.45, 7) is 0. The Kier molecular flexibility index (Phi) is 5.79. The number of carbonyl (C=O) groups is 2. The van der Waals surface area contributed by atoms with E-state index in [0.717, 1.165) is 36.8 Å². The van der Waals surface area contributed by atoms with Crippen LogP contribution in [0.25, 0.3) is 10.2 Å². The van der Waals surface area contributed by atoms with Gasteiger partial charge in [0.05, 0.1) is 22.4 Å². The molecule has 6 rings (SSSR count). The molecule has 4 aromatic rings. The van der Waals surface area contributed by atoms with Gasteiger partial charge in [0, 0.05) is 18.3 Å². The average molecular weight is 500 g/mol. The molecule has 1 saturated carbocycles. The van der Waals surface area contributed by atoms with E-state index in [9.17, 15) is 9.59 Å². The van der Waals surface area contributed by atoms with E-state index in [1.54, 1.807) is 17.2 Å². The molecule has 1 aliphatic carbocycles. The van der Waals surface area contributed by atoms with Crippen LogP contribution in [0.1, 0.15) is 35.4 Å². The molecule has 2 atom stereocenters. The summed E-state index contributed by atoms with van der Waals surface area (Å²) in [6, 6.07) is 18.2. The fourth-order valence-electron chi connectivity index (χ4n) is 4.86. The van der Waals surface area contributed by atoms with Gasteiger partial charge in [-0.1, -0.05) is 31.0 Å². The van der Waals surface area contributed by atoms with Gasteiger partial charge in [-0.25, -0.2) is 9.78 Å². The molecule has 0 radical (unpaired) electrons. The molecule has 2 aliphatic rings. The molecule has 0 saturated heterocycles. The molecule has 2 aromatic heterocycles. The molecule has 4 N–H and O–H groups in total. The quantitative estimate of drug-likeness (QED) is 0.323. The van der Waals surface area contributed by atoms with Gasteiger partial charge in [0.15, 0.2) is 0 Å². The number of benzene rings is 2. The highest BCUT2D eigenvalue weighted by Gasteiger charge is 2.33. The minimum atomic E-state index is -0.339. The van der Waals surface area contributed by atoms with Crippen molar-refractivity contribution in [1.29, 1.82) is 0 Å². The third-order valence-electron chi connectivity index (χ3n) is 6.66. The maximum atomic E-state index is 13.3. The SMILES string of the molecule is N[C@H]1CCCC[C@H]1NC(=O)c1sc2nccc3c2c1NC(=O)N3c1ccc(Oc2ccccc2)cc1. The third-order valence-corrected chi connectivity index (χ3v) is 7.76. The van der Waals surface area contributed by atoms with Crippen molar-refractivity contribution in [2.45, 2.75) is 37.8 Å². The zero-order valence-electron chi connectivity index (χ0n) is 19.4. The van der Waals surface area contributed by atoms with Crippen LogP contribution in [-0.4, -0.2) is 29.0 Å². The number of urea groups is 1. The van der Waals surface area contributed by atoms with Crippen molar-refractivity contribution in [3.8, 4) is 11.5 Å². The van der Waals surface area contributed by atoms with Gasteiger partial charge in [-0.2, -0.15) is 0 Å². The molecule has 0 spiro atoms. The molecule has 0 unspecified atom stereocenters. The second kappa shape index (κ2) is 9.25. The Labute approximate surface area is 212 Å². The van der Waals surface area contributed by atoms with E-state index in [1.807, 2.05) is 54.6 Å². The maximum Gasteiger partial charge on any atom is 0.331 e. The summed E-state index contributed by atoms with van der Waals surface area (Å²) in [5.74, 6) is 1.18. The number of nitrogens with two attached hydrogens (primary N) is 1. The number of thiophene rings is 1. The third kappa shape index (κ3) is 4.06. The van der Waals surface area contributed by atoms with Crippen LogP contribution in [0, 0.1) is 0 Å². The van der Waals surface area contributed by atoms with Gasteiger partial charge in [-0.15, -0.1) is 11.3 Å². The van der Waals surface area contributed by atoms with Gasteiger partial charge in [0.1, 0.15) is 21.2 Å². The van der Waals surface area contributed by atoms with E-state index in [4.69, 9.17) is 10.5 Å². The Morgan fingerprint density at radius 2 is 1.81 bits per heavy atom. The smallest absolute Gasteiger partial charge is 0.331 e. The van der Waals surface area contributed by atoms with E-state index in [2.05, 4.69) is 15.6 Å². The number of nitrogens with one attached hydrogen (secondary N) is 2. The van der Waals surface area contributed by atoms with Crippen molar-refractivity contribution in [3.63, 3.8) is 0 Å². The Morgan fingerprint density at radius 3 is 2.58 bits per heavy atom. The van der Waals surface area contributed by atoms with Gasteiger partial charge in [-0.3, -0.25) is 9.69 Å². The molecule has 182 valence electrons. The number of hydrogen-bond donors (Lipinski definition) is 3. The molecule has 1 fully saturated rings. The van der Waals surface area contributed by atoms with Gasteiger partial charge in [0.25, 0.3) is 5.91 Å². The number of aromatic nitrogens is 1. The standard InChI is InChI=1S/C27H25N5O3S/c28-19-8-4-5-9-20(19)30-25(33)24-23-22-21(14-15-29-26(22)36-24)32(27(34)31-23)16-10-12-18(13-11-16)35-17-6-2-1-3-7-17/h1-3,6-7,10-15,19-20H,4-5,8-9,28H2,(H,30,33)(H,31,34)/t19-,20+/m0/s1. The molecule has 36 heavy (non-hydrogen) atoms. The lowest BCUT2D eigenvalue weighted by molar-refractivity contribution is 0.0926. The Morgan fingerprint density at radius 1 is 1.06 bits per heavy atom. The first-order valence-electron chi connectivity index (χ1n) is 12.0. The van der Waals surface area contributed by atoms with Crippen LogP contribution in [0.2, 0.25) is 0 Å². The van der Waals surface area contributed by atoms with Crippen molar-refractivity contribution in [3.05, 3.63) is 71.7 Å². The van der Waals surface area contributed by atoms with Crippen LogP contribution in [0.15, 0.2) is 66.9 Å². The number of rotatable bonds is 5. The summed E-state index contributed by atoms with van der Waals surface area (Å²) in [5.41, 5.74) is 8.10. The van der Waals surface area contributed by atoms with Crippen molar-refractivity contribution in [2.75, 3.05) is 10.2 Å². The van der Waals surface area contributed by atoms with E-state index in [0.29, 0.717) is 32.5 Å². The van der Waals surface area contributed by atoms with E-state index in [-0.39, 0.29) is 24.0 Å². The predicted molar refractivity (Wildman–Crippen MR) is 141 cm³/mol. The van der Waals surface area contributed by atoms with Crippen molar-refractivity contribution >= 4 is 50.6 Å². The van der Waals surface area contributed by atoms with Crippen LogP contribution >= 0.6 is 11.3 Å². The fraction of sp³-hybridized carbons (Fsp3) is 0.222. The molecule has 0 bridgehead atoms. The number of hydrogen-bond acceptors (Lipinski definition) is 6. The lowest BCUT2D eigenvalue weighted by atomic mass is 9.91. The van der Waals surface area contributed by atoms with Gasteiger partial charge in [-0.05, 0) is 55.3 Å². The van der Waals surface area contributed by atoms with Crippen molar-refractivity contribution in [1.82, 2.24) is 10.3 Å². The Bertz CT molecular complexity index is 1440. The number of ether oxygens (including phenoxy) is 1. The summed E-state index contributed by atoms with van der Waals surface area (Å²) in [7, 11) is 0. The first-order valence-corrected chi connectivity index (χ1v) is 12.8. The molecule has 1 aliphatic heterocycles. The van der Waals surface area contributed by atoms with Crippen LogP contribution in [-0.2, 0) is 0 Å². The molecular formula is C27H25N5O3S. The van der Waals surface area contributed by atoms with Crippen molar-refractivity contribution < 1.29 is 14.3 Å². The molecule has 9 heteroatoms. The van der Waals surface area contributed by atoms with Gasteiger partial charge < -0.3 is 21.1 Å². The first-order chi connectivity index (χ1) is 17.6. The van der Waals surface area contributed by atoms with E-state index < -0.39 is 0 Å². The largest absolute Gasteiger partial charge is 0.457 e. The summed E-state index contributed by atoms with van der Waals surface area (Å²) in [5, 5.41) is 6.78. The average Bonchev–Trinajstić information content (AvgIpc) is 3.26. The zero-order valence-corrected chi connectivity index (χ0v) is 20.3. The number of amides is 3. The number of nitrogens with zero attached hydrogens (tertiary/aromatic N) is 2. The van der Waals surface area contributed by atoms with Crippen LogP contribution in [0.4, 0.5) is 21.9 Å². The van der Waals surface area contributed by atoms with Gasteiger partial charge in [0.2, 0.25) is 0 Å². The lowest BCUT2D eigenvalue weighted by Crippen LogP contribution is -2.49. The highest BCUT2D eigenvalue weighted by Crippen LogP contribution is 2.46. The minimum Gasteiger partial charge on any atom is -0.457 e. The van der Waals surface area contributed by atoms with Crippen LogP contribution < -0.4 is 26.0 Å². The molecule has 2 aromatic carbocycles. The summed E-state index contributed by atoms with van der Waals surface area (Å²) >= 11 is 1.28. The summed E-state index contributed by atoms with van der Waals surface area (Å²) in [6.07, 6.45) is 5.55. The summed E-state index contributed by atoms with van der Waals surface area (Å²) in [4.78, 5) is 33.7. The Balaban J connectivity index is 1.31. The maximum absolute atomic E-state index is 13.3. The molecule has 3 heterocycles. The number of pyridine rings is 1. The number of para-hydroxylation sites is 1. The molecule has 8 nitrogen and oxygen atoms in total. The number of anilines is 3. The summed E-state index contributed by atoms with van der Waals surface area (Å²) < 4.78 is 5.88. The second-order valence-corrected chi connectivity index (χ2v) is 10.0. The number of carbonyl (C=O) groups excluding carboxylic acids is 2. The first kappa shape index (κ1) is 22.5. The van der Waals surface area contributed by atoms with Gasteiger partial charge >= 0.3 is 6.03 Å². The fourth-order valence-corrected chi connectivity index (χ4v) is 5.88. The van der Waals surface area contributed by atoms with Crippen LogP contribution in [0.5, 0.6) is 11.5 Å². The highest BCUT2D eigenvalue weighted by molar-refractivity contribution is 7.21. The lowest BCUT2D eigenvalue weighted by Gasteiger charge is -2.30. The zero-order chi connectivity index (χ0) is 24.6. The Hall–Kier alpha value is -3.95. The monoisotopic (exact) mass is 499 g/mol. The molecular weight excluding hydrogens is 474 g/mol. The van der Waals surface area contributed by atoms with E-state index in [1.165, 1.54) is 11.3 Å². The molecule has 3 amide bonds. The normalized spacial score (nSPS) is 19.1. The topological polar surface area (TPSA) is 110 Å². The van der Waals surface area contributed by atoms with E-state index >= 15 is 0 Å². The van der Waals surface area contributed by atoms with Crippen LogP contribution in [0.3, 0.4) is 0 Å². The highest BCUT2D eigenvalue weighted by atomic mass is 32.1. The second-order valence-electron chi connectivity index (χ2n) is 9.02. The van der Waals surface area contributed by atoms with Crippen molar-refractivity contribution in [2.24, 2.45) is 5.73 Å².